The molecule has 0 aromatic heterocycles. The number of hydrogen-bond acceptors (Lipinski definition) is 6. The number of allylic oxidation sites excluding steroid dienone is 18. The molecule has 6 heteroatoms. The van der Waals surface area contributed by atoms with Crippen LogP contribution >= 0.6 is 0 Å². The summed E-state index contributed by atoms with van der Waals surface area (Å²) in [7, 11) is 0. The van der Waals surface area contributed by atoms with Crippen molar-refractivity contribution in [3.05, 3.63) is 109 Å². The number of hydrogen-bond donors (Lipinski definition) is 0. The van der Waals surface area contributed by atoms with Gasteiger partial charge in [0.05, 0.1) is 0 Å². The maximum Gasteiger partial charge on any atom is 0.306 e. The number of rotatable bonds is 61. The number of unbranched alkanes of at least 4 members (excludes halogenated alkanes) is 32. The lowest BCUT2D eigenvalue weighted by Crippen LogP contribution is -2.30. The smallest absolute Gasteiger partial charge is 0.306 e. The van der Waals surface area contributed by atoms with E-state index in [9.17, 15) is 14.4 Å². The quantitative estimate of drug-likeness (QED) is 0.0261. The summed E-state index contributed by atoms with van der Waals surface area (Å²) in [5.41, 5.74) is 0. The van der Waals surface area contributed by atoms with Gasteiger partial charge in [-0.1, -0.05) is 304 Å². The van der Waals surface area contributed by atoms with E-state index in [1.165, 1.54) is 154 Å². The summed E-state index contributed by atoms with van der Waals surface area (Å²) in [6, 6.07) is 0. The molecule has 0 saturated heterocycles. The van der Waals surface area contributed by atoms with E-state index < -0.39 is 6.10 Å². The Balaban J connectivity index is 4.27. The van der Waals surface area contributed by atoms with Gasteiger partial charge >= 0.3 is 17.9 Å². The molecular weight excluding hydrogens is 985 g/mol. The van der Waals surface area contributed by atoms with Crippen molar-refractivity contribution in [2.45, 2.75) is 329 Å². The van der Waals surface area contributed by atoms with Crippen LogP contribution in [0.3, 0.4) is 0 Å². The molecule has 0 spiro atoms. The third kappa shape index (κ3) is 64.9. The Morgan fingerprint density at radius 2 is 0.487 bits per heavy atom. The zero-order valence-electron chi connectivity index (χ0n) is 52.6. The number of ether oxygens (including phenoxy) is 3. The van der Waals surface area contributed by atoms with E-state index >= 15 is 0 Å². The van der Waals surface area contributed by atoms with Crippen molar-refractivity contribution in [1.29, 1.82) is 0 Å². The standard InChI is InChI=1S/C74H126O6/c1-4-7-10-13-16-19-22-25-27-29-30-31-32-33-34-35-36-37-38-39-40-41-42-43-44-45-47-49-52-55-58-61-64-67-73(76)79-70-71(69-78-72(75)66-63-60-57-54-51-48-24-21-18-15-12-9-6-3)80-74(77)68-65-62-59-56-53-50-46-28-26-23-20-17-14-11-8-5-2/h7,10,16,19,25,27-28,30-31,33-34,36-37,39-40,42-43,46,71H,4-6,8-9,11-15,17-18,20-24,26,29,32,35,38,41,44-45,47-70H2,1-3H3/b10-7-,19-16-,27-25-,31-30-,34-33-,37-36-,40-39-,43-42-,46-28-. The summed E-state index contributed by atoms with van der Waals surface area (Å²) in [4.78, 5) is 38.3. The molecule has 458 valence electrons. The first kappa shape index (κ1) is 76.1. The van der Waals surface area contributed by atoms with Gasteiger partial charge in [-0.05, 0) is 109 Å². The van der Waals surface area contributed by atoms with Crippen LogP contribution in [0.2, 0.25) is 0 Å². The molecule has 0 saturated carbocycles. The van der Waals surface area contributed by atoms with Crippen LogP contribution in [0.15, 0.2) is 109 Å². The molecule has 0 radical (unpaired) electrons. The second kappa shape index (κ2) is 67.6. The fraction of sp³-hybridized carbons (Fsp3) is 0.716. The van der Waals surface area contributed by atoms with Gasteiger partial charge in [0.1, 0.15) is 13.2 Å². The highest BCUT2D eigenvalue weighted by Gasteiger charge is 2.19. The minimum atomic E-state index is -0.785. The van der Waals surface area contributed by atoms with Crippen LogP contribution in [-0.4, -0.2) is 37.2 Å². The lowest BCUT2D eigenvalue weighted by Gasteiger charge is -2.18. The SMILES string of the molecule is CC/C=C\C/C=C\C/C=C\C/C=C\C/C=C\C/C=C\C/C=C\C/C=C\CCCCCCCCCCC(=O)OCC(COC(=O)CCCCCCCCCCCCCCC)OC(=O)CCCCCCC/C=C\CCCCCCCCC. The zero-order chi connectivity index (χ0) is 57.8. The van der Waals surface area contributed by atoms with E-state index in [1.807, 2.05) is 0 Å². The first-order valence-electron chi connectivity index (χ1n) is 33.9. The van der Waals surface area contributed by atoms with E-state index in [-0.39, 0.29) is 31.1 Å². The summed E-state index contributed by atoms with van der Waals surface area (Å²) in [5.74, 6) is -0.887. The van der Waals surface area contributed by atoms with Crippen molar-refractivity contribution in [3.63, 3.8) is 0 Å². The molecule has 1 unspecified atom stereocenters. The minimum absolute atomic E-state index is 0.0806. The molecule has 0 N–H and O–H groups in total. The highest BCUT2D eigenvalue weighted by Crippen LogP contribution is 2.16. The molecule has 0 fully saturated rings. The molecule has 0 aliphatic rings. The highest BCUT2D eigenvalue weighted by molar-refractivity contribution is 5.71. The summed E-state index contributed by atoms with van der Waals surface area (Å²) in [6.45, 7) is 6.54. The number of carbonyl (C=O) groups excluding carboxylic acids is 3. The van der Waals surface area contributed by atoms with Gasteiger partial charge in [0.25, 0.3) is 0 Å². The van der Waals surface area contributed by atoms with Gasteiger partial charge < -0.3 is 14.2 Å². The largest absolute Gasteiger partial charge is 0.462 e. The Kier molecular flexibility index (Phi) is 64.3. The molecule has 0 amide bonds. The van der Waals surface area contributed by atoms with Crippen molar-refractivity contribution < 1.29 is 28.6 Å². The first-order chi connectivity index (χ1) is 39.5. The third-order valence-electron chi connectivity index (χ3n) is 14.5. The molecule has 0 aromatic carbocycles. The van der Waals surface area contributed by atoms with E-state index in [4.69, 9.17) is 14.2 Å². The van der Waals surface area contributed by atoms with Crippen LogP contribution in [0.25, 0.3) is 0 Å². The lowest BCUT2D eigenvalue weighted by molar-refractivity contribution is -0.167. The molecule has 80 heavy (non-hydrogen) atoms. The monoisotopic (exact) mass is 1110 g/mol. The molecule has 6 nitrogen and oxygen atoms in total. The molecule has 0 rings (SSSR count). The second-order valence-electron chi connectivity index (χ2n) is 22.4. The van der Waals surface area contributed by atoms with E-state index in [1.54, 1.807) is 0 Å². The lowest BCUT2D eigenvalue weighted by atomic mass is 10.0. The van der Waals surface area contributed by atoms with Gasteiger partial charge in [0.2, 0.25) is 0 Å². The van der Waals surface area contributed by atoms with Gasteiger partial charge in [-0.25, -0.2) is 0 Å². The summed E-state index contributed by atoms with van der Waals surface area (Å²) in [5, 5.41) is 0. The second-order valence-corrected chi connectivity index (χ2v) is 22.4. The fourth-order valence-corrected chi connectivity index (χ4v) is 9.45. The van der Waals surface area contributed by atoms with Gasteiger partial charge in [0, 0.05) is 19.3 Å². The van der Waals surface area contributed by atoms with Crippen molar-refractivity contribution in [3.8, 4) is 0 Å². The Morgan fingerprint density at radius 1 is 0.263 bits per heavy atom. The van der Waals surface area contributed by atoms with Gasteiger partial charge in [-0.3, -0.25) is 14.4 Å². The average Bonchev–Trinajstić information content (AvgIpc) is 3.46. The maximum atomic E-state index is 12.9. The van der Waals surface area contributed by atoms with Crippen LogP contribution in [0.5, 0.6) is 0 Å². The van der Waals surface area contributed by atoms with E-state index in [2.05, 4.69) is 130 Å². The van der Waals surface area contributed by atoms with Gasteiger partial charge in [-0.2, -0.15) is 0 Å². The third-order valence-corrected chi connectivity index (χ3v) is 14.5. The Bertz CT molecular complexity index is 1610. The van der Waals surface area contributed by atoms with Crippen LogP contribution in [0.4, 0.5) is 0 Å². The van der Waals surface area contributed by atoms with Crippen molar-refractivity contribution in [1.82, 2.24) is 0 Å². The zero-order valence-corrected chi connectivity index (χ0v) is 52.6. The summed E-state index contributed by atoms with van der Waals surface area (Å²) in [6.07, 6.45) is 92.4. The van der Waals surface area contributed by atoms with Crippen molar-refractivity contribution in [2.75, 3.05) is 13.2 Å². The molecule has 0 aliphatic carbocycles. The number of carbonyl (C=O) groups is 3. The molecule has 1 atom stereocenters. The normalized spacial score (nSPS) is 12.8. The fourth-order valence-electron chi connectivity index (χ4n) is 9.45. The van der Waals surface area contributed by atoms with E-state index in [0.29, 0.717) is 19.3 Å². The van der Waals surface area contributed by atoms with Crippen LogP contribution < -0.4 is 0 Å². The molecule has 0 aliphatic heterocycles. The van der Waals surface area contributed by atoms with Gasteiger partial charge in [0.15, 0.2) is 6.10 Å². The first-order valence-corrected chi connectivity index (χ1v) is 33.9. The van der Waals surface area contributed by atoms with Gasteiger partial charge in [-0.15, -0.1) is 0 Å². The predicted octanol–water partition coefficient (Wildman–Crippen LogP) is 23.4. The molecule has 0 bridgehead atoms. The van der Waals surface area contributed by atoms with E-state index in [0.717, 1.165) is 128 Å². The van der Waals surface area contributed by atoms with Crippen LogP contribution in [-0.2, 0) is 28.6 Å². The van der Waals surface area contributed by atoms with Crippen LogP contribution in [0, 0.1) is 0 Å². The van der Waals surface area contributed by atoms with Crippen LogP contribution in [0.1, 0.15) is 323 Å². The number of esters is 3. The average molecular weight is 1110 g/mol. The molecular formula is C74H126O6. The Hall–Kier alpha value is -3.93. The predicted molar refractivity (Wildman–Crippen MR) is 348 cm³/mol. The van der Waals surface area contributed by atoms with Crippen molar-refractivity contribution in [2.24, 2.45) is 0 Å². The van der Waals surface area contributed by atoms with Crippen molar-refractivity contribution >= 4 is 17.9 Å². The molecule has 0 aromatic rings. The topological polar surface area (TPSA) is 78.9 Å². The maximum absolute atomic E-state index is 12.9. The molecule has 0 heterocycles. The Labute approximate surface area is 495 Å². The summed E-state index contributed by atoms with van der Waals surface area (Å²) < 4.78 is 16.9. The Morgan fingerprint density at radius 3 is 0.775 bits per heavy atom. The summed E-state index contributed by atoms with van der Waals surface area (Å²) >= 11 is 0. The highest BCUT2D eigenvalue weighted by atomic mass is 16.6. The minimum Gasteiger partial charge on any atom is -0.462 e.